The lowest BCUT2D eigenvalue weighted by Gasteiger charge is -2.26. The van der Waals surface area contributed by atoms with Gasteiger partial charge in [0.05, 0.1) is 0 Å². The van der Waals surface area contributed by atoms with Crippen molar-refractivity contribution in [1.29, 1.82) is 0 Å². The van der Waals surface area contributed by atoms with Crippen molar-refractivity contribution in [3.63, 3.8) is 0 Å². The third-order valence-corrected chi connectivity index (χ3v) is 2.67. The molecule has 1 aromatic rings. The highest BCUT2D eigenvalue weighted by atomic mass is 35.5. The first-order valence-electron chi connectivity index (χ1n) is 5.05. The Bertz CT molecular complexity index is 363. The van der Waals surface area contributed by atoms with Crippen molar-refractivity contribution in [1.82, 2.24) is 14.9 Å². The Morgan fingerprint density at radius 3 is 2.73 bits per heavy atom. The van der Waals surface area contributed by atoms with E-state index in [0.29, 0.717) is 5.69 Å². The Morgan fingerprint density at radius 1 is 1.33 bits per heavy atom. The zero-order valence-electron chi connectivity index (χ0n) is 8.32. The smallest absolute Gasteiger partial charge is 0.272 e. The first kappa shape index (κ1) is 10.4. The molecule has 1 fully saturated rings. The molecule has 1 aromatic heterocycles. The van der Waals surface area contributed by atoms with Crippen molar-refractivity contribution in [3.05, 3.63) is 23.2 Å². The molecule has 2 rings (SSSR count). The number of halogens is 1. The summed E-state index contributed by atoms with van der Waals surface area (Å²) in [5.41, 5.74) is 0.386. The van der Waals surface area contributed by atoms with E-state index >= 15 is 0 Å². The summed E-state index contributed by atoms with van der Waals surface area (Å²) < 4.78 is 0. The molecule has 1 saturated heterocycles. The normalized spacial score (nSPS) is 16.5. The van der Waals surface area contributed by atoms with Gasteiger partial charge in [-0.25, -0.2) is 9.97 Å². The Balaban J connectivity index is 2.12. The summed E-state index contributed by atoms with van der Waals surface area (Å²) >= 11 is 5.63. The molecule has 2 heterocycles. The monoisotopic (exact) mass is 225 g/mol. The van der Waals surface area contributed by atoms with Gasteiger partial charge in [-0.3, -0.25) is 4.79 Å². The number of aromatic nitrogens is 2. The zero-order valence-corrected chi connectivity index (χ0v) is 9.07. The summed E-state index contributed by atoms with van der Waals surface area (Å²) in [5, 5.41) is 0.123. The van der Waals surface area contributed by atoms with E-state index in [1.165, 1.54) is 12.6 Å². The largest absolute Gasteiger partial charge is 0.337 e. The Kier molecular flexibility index (Phi) is 3.16. The molecule has 0 aliphatic carbocycles. The number of rotatable bonds is 1. The van der Waals surface area contributed by atoms with Gasteiger partial charge in [0.15, 0.2) is 0 Å². The summed E-state index contributed by atoms with van der Waals surface area (Å²) in [6.07, 6.45) is 4.86. The molecule has 1 aliphatic heterocycles. The van der Waals surface area contributed by atoms with Crippen LogP contribution >= 0.6 is 11.6 Å². The van der Waals surface area contributed by atoms with Crippen LogP contribution in [0.1, 0.15) is 29.8 Å². The Hall–Kier alpha value is -1.16. The van der Waals surface area contributed by atoms with Crippen LogP contribution in [0.3, 0.4) is 0 Å². The second-order valence-electron chi connectivity index (χ2n) is 3.56. The molecule has 0 radical (unpaired) electrons. The minimum Gasteiger partial charge on any atom is -0.337 e. The van der Waals surface area contributed by atoms with E-state index in [9.17, 15) is 4.79 Å². The number of likely N-dealkylation sites (tertiary alicyclic amines) is 1. The summed E-state index contributed by atoms with van der Waals surface area (Å²) in [7, 11) is 0. The molecule has 5 heteroatoms. The first-order chi connectivity index (χ1) is 7.27. The predicted octanol–water partition coefficient (Wildman–Crippen LogP) is 1.76. The van der Waals surface area contributed by atoms with Gasteiger partial charge in [0.25, 0.3) is 5.91 Å². The Morgan fingerprint density at radius 2 is 2.07 bits per heavy atom. The SMILES string of the molecule is O=C(c1ccnc(Cl)n1)N1CCCCC1. The maximum Gasteiger partial charge on any atom is 0.272 e. The molecule has 1 amide bonds. The molecule has 0 bridgehead atoms. The summed E-state index contributed by atoms with van der Waals surface area (Å²) in [6.45, 7) is 1.64. The van der Waals surface area contributed by atoms with Gasteiger partial charge >= 0.3 is 0 Å². The molecular formula is C10H12ClN3O. The summed E-state index contributed by atoms with van der Waals surface area (Å²) in [4.78, 5) is 21.4. The van der Waals surface area contributed by atoms with E-state index in [-0.39, 0.29) is 11.2 Å². The second-order valence-corrected chi connectivity index (χ2v) is 3.90. The van der Waals surface area contributed by atoms with Crippen LogP contribution in [0.5, 0.6) is 0 Å². The maximum atomic E-state index is 11.9. The summed E-state index contributed by atoms with van der Waals surface area (Å²) in [5.74, 6) is -0.0426. The molecule has 0 atom stereocenters. The molecule has 0 spiro atoms. The number of piperidine rings is 1. The highest BCUT2D eigenvalue weighted by molar-refractivity contribution is 6.28. The molecule has 15 heavy (non-hydrogen) atoms. The average Bonchev–Trinajstić information content (AvgIpc) is 2.29. The topological polar surface area (TPSA) is 46.1 Å². The van der Waals surface area contributed by atoms with Crippen LogP contribution in [0.2, 0.25) is 5.28 Å². The highest BCUT2D eigenvalue weighted by Gasteiger charge is 2.19. The number of hydrogen-bond acceptors (Lipinski definition) is 3. The van der Waals surface area contributed by atoms with Crippen molar-refractivity contribution in [2.75, 3.05) is 13.1 Å². The zero-order chi connectivity index (χ0) is 10.7. The standard InChI is InChI=1S/C10H12ClN3O/c11-10-12-5-4-8(13-10)9(15)14-6-2-1-3-7-14/h4-5H,1-3,6-7H2. The average molecular weight is 226 g/mol. The van der Waals surface area contributed by atoms with Gasteiger partial charge in [0.2, 0.25) is 5.28 Å². The van der Waals surface area contributed by atoms with Crippen molar-refractivity contribution < 1.29 is 4.79 Å². The van der Waals surface area contributed by atoms with Crippen LogP contribution in [0, 0.1) is 0 Å². The minimum atomic E-state index is -0.0426. The quantitative estimate of drug-likeness (QED) is 0.685. The number of nitrogens with zero attached hydrogens (tertiary/aromatic N) is 3. The molecule has 0 N–H and O–H groups in total. The number of carbonyl (C=O) groups excluding carboxylic acids is 1. The van der Waals surface area contributed by atoms with E-state index < -0.39 is 0 Å². The van der Waals surface area contributed by atoms with Crippen LogP contribution in [0.4, 0.5) is 0 Å². The van der Waals surface area contributed by atoms with Crippen molar-refractivity contribution in [2.24, 2.45) is 0 Å². The van der Waals surface area contributed by atoms with Crippen molar-refractivity contribution in [2.45, 2.75) is 19.3 Å². The van der Waals surface area contributed by atoms with Crippen molar-refractivity contribution in [3.8, 4) is 0 Å². The van der Waals surface area contributed by atoms with Gasteiger partial charge in [-0.15, -0.1) is 0 Å². The number of hydrogen-bond donors (Lipinski definition) is 0. The lowest BCUT2D eigenvalue weighted by Crippen LogP contribution is -2.36. The van der Waals surface area contributed by atoms with Crippen LogP contribution in [-0.4, -0.2) is 33.9 Å². The fourth-order valence-corrected chi connectivity index (χ4v) is 1.86. The van der Waals surface area contributed by atoms with Gasteiger partial charge in [0, 0.05) is 19.3 Å². The van der Waals surface area contributed by atoms with Gasteiger partial charge < -0.3 is 4.90 Å². The van der Waals surface area contributed by atoms with Gasteiger partial charge in [-0.2, -0.15) is 0 Å². The molecule has 80 valence electrons. The van der Waals surface area contributed by atoms with Crippen LogP contribution in [0.25, 0.3) is 0 Å². The van der Waals surface area contributed by atoms with E-state index in [1.54, 1.807) is 6.07 Å². The lowest BCUT2D eigenvalue weighted by atomic mass is 10.1. The van der Waals surface area contributed by atoms with Crippen LogP contribution in [-0.2, 0) is 0 Å². The predicted molar refractivity (Wildman–Crippen MR) is 56.8 cm³/mol. The number of amides is 1. The molecule has 0 aromatic carbocycles. The number of carbonyl (C=O) groups is 1. The van der Waals surface area contributed by atoms with E-state index in [4.69, 9.17) is 11.6 Å². The lowest BCUT2D eigenvalue weighted by molar-refractivity contribution is 0.0718. The fraction of sp³-hybridized carbons (Fsp3) is 0.500. The highest BCUT2D eigenvalue weighted by Crippen LogP contribution is 2.12. The first-order valence-corrected chi connectivity index (χ1v) is 5.43. The third-order valence-electron chi connectivity index (χ3n) is 2.49. The van der Waals surface area contributed by atoms with E-state index in [0.717, 1.165) is 25.9 Å². The molecule has 4 nitrogen and oxygen atoms in total. The van der Waals surface area contributed by atoms with Crippen LogP contribution in [0.15, 0.2) is 12.3 Å². The maximum absolute atomic E-state index is 11.9. The summed E-state index contributed by atoms with van der Waals surface area (Å²) in [6, 6.07) is 1.60. The van der Waals surface area contributed by atoms with E-state index in [1.807, 2.05) is 4.90 Å². The van der Waals surface area contributed by atoms with Gasteiger partial charge in [0.1, 0.15) is 5.69 Å². The van der Waals surface area contributed by atoms with Gasteiger partial charge in [-0.05, 0) is 36.9 Å². The molecule has 0 unspecified atom stereocenters. The van der Waals surface area contributed by atoms with E-state index in [2.05, 4.69) is 9.97 Å². The third kappa shape index (κ3) is 2.45. The van der Waals surface area contributed by atoms with Crippen molar-refractivity contribution >= 4 is 17.5 Å². The fourth-order valence-electron chi connectivity index (χ4n) is 1.71. The second kappa shape index (κ2) is 4.57. The van der Waals surface area contributed by atoms with Gasteiger partial charge in [-0.1, -0.05) is 0 Å². The van der Waals surface area contributed by atoms with Crippen LogP contribution < -0.4 is 0 Å². The minimum absolute atomic E-state index is 0.0426. The molecule has 0 saturated carbocycles. The Labute approximate surface area is 93.3 Å². The molecule has 1 aliphatic rings. The molecular weight excluding hydrogens is 214 g/mol.